The highest BCUT2D eigenvalue weighted by Gasteiger charge is 2.36. The molecule has 3 unspecified atom stereocenters. The first kappa shape index (κ1) is 16.5. The zero-order valence-electron chi connectivity index (χ0n) is 15.2. The van der Waals surface area contributed by atoms with Crippen molar-refractivity contribution in [1.82, 2.24) is 5.32 Å². The highest BCUT2D eigenvalue weighted by atomic mass is 16.5. The highest BCUT2D eigenvalue weighted by molar-refractivity contribution is 5.51. The summed E-state index contributed by atoms with van der Waals surface area (Å²) in [5, 5.41) is 3.58. The lowest BCUT2D eigenvalue weighted by Crippen LogP contribution is -2.26. The topological polar surface area (TPSA) is 37.6 Å². The van der Waals surface area contributed by atoms with E-state index in [2.05, 4.69) is 47.5 Å². The van der Waals surface area contributed by atoms with E-state index in [4.69, 9.17) is 9.15 Å². The Morgan fingerprint density at radius 1 is 1.28 bits per heavy atom. The highest BCUT2D eigenvalue weighted by Crippen LogP contribution is 2.47. The Kier molecular flexibility index (Phi) is 4.71. The number of furan rings is 1. The van der Waals surface area contributed by atoms with Crippen LogP contribution in [0.25, 0.3) is 0 Å². The van der Waals surface area contributed by atoms with Gasteiger partial charge in [-0.25, -0.2) is 0 Å². The largest absolute Gasteiger partial charge is 0.497 e. The SMILES string of the molecule is COc1cccc(N2CCC(CNCc3ccc(C4CC4C)o3)C2)c1. The van der Waals surface area contributed by atoms with Crippen LogP contribution in [0.3, 0.4) is 0 Å². The third-order valence-electron chi connectivity index (χ3n) is 5.59. The molecule has 1 aliphatic carbocycles. The molecule has 0 spiro atoms. The molecule has 1 aliphatic heterocycles. The fourth-order valence-corrected chi connectivity index (χ4v) is 3.85. The molecule has 4 heteroatoms. The van der Waals surface area contributed by atoms with Gasteiger partial charge in [-0.05, 0) is 48.9 Å². The van der Waals surface area contributed by atoms with Crippen molar-refractivity contribution in [2.75, 3.05) is 31.6 Å². The lowest BCUT2D eigenvalue weighted by atomic mass is 10.1. The number of ether oxygens (including phenoxy) is 1. The third-order valence-corrected chi connectivity index (χ3v) is 5.59. The van der Waals surface area contributed by atoms with Crippen molar-refractivity contribution in [3.8, 4) is 5.75 Å². The summed E-state index contributed by atoms with van der Waals surface area (Å²) in [6.45, 7) is 6.37. The second kappa shape index (κ2) is 7.12. The summed E-state index contributed by atoms with van der Waals surface area (Å²) in [5.41, 5.74) is 1.26. The molecule has 1 saturated heterocycles. The average Bonchev–Trinajstić information content (AvgIpc) is 3.05. The Morgan fingerprint density at radius 3 is 2.96 bits per heavy atom. The number of nitrogens with one attached hydrogen (secondary N) is 1. The van der Waals surface area contributed by atoms with Crippen LogP contribution in [0, 0.1) is 11.8 Å². The van der Waals surface area contributed by atoms with E-state index in [1.54, 1.807) is 7.11 Å². The van der Waals surface area contributed by atoms with Crippen LogP contribution in [-0.2, 0) is 6.54 Å². The summed E-state index contributed by atoms with van der Waals surface area (Å²) in [4.78, 5) is 2.45. The van der Waals surface area contributed by atoms with E-state index in [1.807, 2.05) is 6.07 Å². The predicted octanol–water partition coefficient (Wildman–Crippen LogP) is 4.03. The van der Waals surface area contributed by atoms with E-state index in [0.717, 1.165) is 43.6 Å². The van der Waals surface area contributed by atoms with Crippen LogP contribution in [0.15, 0.2) is 40.8 Å². The lowest BCUT2D eigenvalue weighted by molar-refractivity contribution is 0.414. The van der Waals surface area contributed by atoms with E-state index < -0.39 is 0 Å². The van der Waals surface area contributed by atoms with Crippen molar-refractivity contribution in [3.63, 3.8) is 0 Å². The number of rotatable bonds is 7. The maximum Gasteiger partial charge on any atom is 0.120 e. The first-order valence-electron chi connectivity index (χ1n) is 9.41. The molecule has 4 nitrogen and oxygen atoms in total. The third kappa shape index (κ3) is 3.84. The number of hydrogen-bond donors (Lipinski definition) is 1. The normalized spacial score (nSPS) is 25.4. The van der Waals surface area contributed by atoms with Gasteiger partial charge in [-0.2, -0.15) is 0 Å². The van der Waals surface area contributed by atoms with Crippen LogP contribution < -0.4 is 15.0 Å². The molecule has 1 saturated carbocycles. The summed E-state index contributed by atoms with van der Waals surface area (Å²) in [6.07, 6.45) is 2.51. The number of methoxy groups -OCH3 is 1. The average molecular weight is 340 g/mol. The molecular weight excluding hydrogens is 312 g/mol. The minimum atomic E-state index is 0.667. The Labute approximate surface area is 150 Å². The van der Waals surface area contributed by atoms with Crippen molar-refractivity contribution in [1.29, 1.82) is 0 Å². The second-order valence-corrected chi connectivity index (χ2v) is 7.56. The molecule has 2 fully saturated rings. The molecule has 4 rings (SSSR count). The molecule has 2 aliphatic rings. The van der Waals surface area contributed by atoms with Crippen LogP contribution >= 0.6 is 0 Å². The molecule has 2 heterocycles. The predicted molar refractivity (Wildman–Crippen MR) is 100 cm³/mol. The summed E-state index contributed by atoms with van der Waals surface area (Å²) >= 11 is 0. The first-order valence-corrected chi connectivity index (χ1v) is 9.41. The Morgan fingerprint density at radius 2 is 2.16 bits per heavy atom. The minimum Gasteiger partial charge on any atom is -0.497 e. The molecule has 3 atom stereocenters. The van der Waals surface area contributed by atoms with Gasteiger partial charge in [0.25, 0.3) is 0 Å². The van der Waals surface area contributed by atoms with E-state index in [0.29, 0.717) is 11.8 Å². The molecule has 1 aromatic heterocycles. The Balaban J connectivity index is 1.23. The number of nitrogens with zero attached hydrogens (tertiary/aromatic N) is 1. The van der Waals surface area contributed by atoms with E-state index >= 15 is 0 Å². The van der Waals surface area contributed by atoms with E-state index in [1.165, 1.54) is 24.3 Å². The molecular formula is C21H28N2O2. The van der Waals surface area contributed by atoms with Gasteiger partial charge in [0.2, 0.25) is 0 Å². The molecule has 0 radical (unpaired) electrons. The van der Waals surface area contributed by atoms with E-state index in [-0.39, 0.29) is 0 Å². The van der Waals surface area contributed by atoms with E-state index in [9.17, 15) is 0 Å². The molecule has 25 heavy (non-hydrogen) atoms. The van der Waals surface area contributed by atoms with Gasteiger partial charge in [-0.1, -0.05) is 13.0 Å². The maximum absolute atomic E-state index is 5.97. The lowest BCUT2D eigenvalue weighted by Gasteiger charge is -2.19. The van der Waals surface area contributed by atoms with Gasteiger partial charge in [0, 0.05) is 37.3 Å². The van der Waals surface area contributed by atoms with Crippen molar-refractivity contribution < 1.29 is 9.15 Å². The zero-order valence-corrected chi connectivity index (χ0v) is 15.2. The van der Waals surface area contributed by atoms with Crippen LogP contribution in [-0.4, -0.2) is 26.7 Å². The fraction of sp³-hybridized carbons (Fsp3) is 0.524. The van der Waals surface area contributed by atoms with Gasteiger partial charge in [0.1, 0.15) is 17.3 Å². The number of hydrogen-bond acceptors (Lipinski definition) is 4. The number of anilines is 1. The van der Waals surface area contributed by atoms with Crippen LogP contribution in [0.1, 0.15) is 37.2 Å². The standard InChI is InChI=1S/C21H28N2O2/c1-15-10-20(15)21-7-6-19(25-21)13-22-12-16-8-9-23(14-16)17-4-3-5-18(11-17)24-2/h3-7,11,15-16,20,22H,8-10,12-14H2,1-2H3. The molecule has 1 N–H and O–H groups in total. The van der Waals surface area contributed by atoms with Gasteiger partial charge in [0.15, 0.2) is 0 Å². The van der Waals surface area contributed by atoms with Crippen LogP contribution in [0.4, 0.5) is 5.69 Å². The van der Waals surface area contributed by atoms with Gasteiger partial charge >= 0.3 is 0 Å². The smallest absolute Gasteiger partial charge is 0.120 e. The summed E-state index contributed by atoms with van der Waals surface area (Å²) in [7, 11) is 1.72. The zero-order chi connectivity index (χ0) is 17.2. The number of benzene rings is 1. The Hall–Kier alpha value is -1.94. The second-order valence-electron chi connectivity index (χ2n) is 7.56. The van der Waals surface area contributed by atoms with Gasteiger partial charge in [-0.3, -0.25) is 0 Å². The minimum absolute atomic E-state index is 0.667. The van der Waals surface area contributed by atoms with Gasteiger partial charge in [0.05, 0.1) is 13.7 Å². The molecule has 2 aromatic rings. The summed E-state index contributed by atoms with van der Waals surface area (Å²) in [6, 6.07) is 12.6. The molecule has 0 amide bonds. The molecule has 1 aromatic carbocycles. The van der Waals surface area contributed by atoms with Gasteiger partial charge in [-0.15, -0.1) is 0 Å². The Bertz CT molecular complexity index is 711. The van der Waals surface area contributed by atoms with Crippen LogP contribution in [0.5, 0.6) is 5.75 Å². The van der Waals surface area contributed by atoms with Crippen LogP contribution in [0.2, 0.25) is 0 Å². The summed E-state index contributed by atoms with van der Waals surface area (Å²) < 4.78 is 11.3. The first-order chi connectivity index (χ1) is 12.2. The van der Waals surface area contributed by atoms with Crippen molar-refractivity contribution in [2.45, 2.75) is 32.2 Å². The monoisotopic (exact) mass is 340 g/mol. The maximum atomic E-state index is 5.97. The van der Waals surface area contributed by atoms with Crippen molar-refractivity contribution in [2.24, 2.45) is 11.8 Å². The quantitative estimate of drug-likeness (QED) is 0.826. The molecule has 0 bridgehead atoms. The van der Waals surface area contributed by atoms with Crippen molar-refractivity contribution >= 4 is 5.69 Å². The molecule has 134 valence electrons. The van der Waals surface area contributed by atoms with Gasteiger partial charge < -0.3 is 19.4 Å². The van der Waals surface area contributed by atoms with Crippen molar-refractivity contribution in [3.05, 3.63) is 47.9 Å². The summed E-state index contributed by atoms with van der Waals surface area (Å²) in [5.74, 6) is 5.32. The fourth-order valence-electron chi connectivity index (χ4n) is 3.85.